The predicted molar refractivity (Wildman–Crippen MR) is 438 cm³/mol. The van der Waals surface area contributed by atoms with E-state index in [9.17, 15) is 19.5 Å². The molecule has 0 rings (SSSR count). The molecule has 9 nitrogen and oxygen atoms in total. The minimum atomic E-state index is -1.51. The Labute approximate surface area is 629 Å². The van der Waals surface area contributed by atoms with Crippen molar-refractivity contribution in [1.29, 1.82) is 0 Å². The Balaban J connectivity index is 3.88. The highest BCUT2D eigenvalue weighted by Crippen LogP contribution is 2.21. The number of esters is 2. The van der Waals surface area contributed by atoms with Gasteiger partial charge in [-0.25, -0.2) is 4.79 Å². The average Bonchev–Trinajstić information content (AvgIpc) is 1.21. The molecule has 0 bridgehead atoms. The van der Waals surface area contributed by atoms with Gasteiger partial charge in [0.25, 0.3) is 6.29 Å². The summed E-state index contributed by atoms with van der Waals surface area (Å²) in [5.41, 5.74) is 0. The molecular weight excluding hydrogens is 1250 g/mol. The molecule has 0 saturated carbocycles. The van der Waals surface area contributed by atoms with Crippen LogP contribution in [0.2, 0.25) is 0 Å². The lowest BCUT2D eigenvalue weighted by atomic mass is 10.0. The third-order valence-electron chi connectivity index (χ3n) is 20.6. The lowest BCUT2D eigenvalue weighted by Gasteiger charge is -2.25. The first-order valence-corrected chi connectivity index (χ1v) is 44.8. The number of unbranched alkanes of at least 4 members (excludes halogenated alkanes) is 62. The second-order valence-electron chi connectivity index (χ2n) is 31.9. The fourth-order valence-electron chi connectivity index (χ4n) is 13.8. The molecule has 0 fully saturated rings. The third-order valence-corrected chi connectivity index (χ3v) is 20.6. The molecule has 9 heteroatoms. The summed E-state index contributed by atoms with van der Waals surface area (Å²) in [6.45, 7) is 4.86. The van der Waals surface area contributed by atoms with E-state index in [4.69, 9.17) is 18.9 Å². The minimum absolute atomic E-state index is 0.174. The number of carboxylic acid groups (broad SMARTS) is 1. The highest BCUT2D eigenvalue weighted by Gasteiger charge is 2.25. The number of quaternary nitrogens is 1. The SMILES string of the molecule is CC/C=C\C/C=C\C/C=C\C/C=C\CCCCCCCCCCCCCCCCCCCCCCCCCCCCCCC(=O)OC(COC(=O)CCCCCCCCCCCCCCCCCCCCCCCCCCCCCCCCCCCCC)COC(OCC[N+](C)(C)C)C(=O)O. The lowest BCUT2D eigenvalue weighted by Crippen LogP contribution is -2.40. The van der Waals surface area contributed by atoms with Crippen molar-refractivity contribution in [3.63, 3.8) is 0 Å². The Bertz CT molecular complexity index is 1800. The van der Waals surface area contributed by atoms with Gasteiger partial charge in [-0.2, -0.15) is 0 Å². The van der Waals surface area contributed by atoms with Crippen LogP contribution in [0.1, 0.15) is 463 Å². The summed E-state index contributed by atoms with van der Waals surface area (Å²) >= 11 is 0. The van der Waals surface area contributed by atoms with E-state index in [0.717, 1.165) is 64.2 Å². The number of carbonyl (C=O) groups excluding carboxylic acids is 2. The Morgan fingerprint density at radius 3 is 0.842 bits per heavy atom. The summed E-state index contributed by atoms with van der Waals surface area (Å²) < 4.78 is 23.1. The van der Waals surface area contributed by atoms with E-state index >= 15 is 0 Å². The molecule has 2 unspecified atom stereocenters. The van der Waals surface area contributed by atoms with Crippen molar-refractivity contribution in [2.45, 2.75) is 476 Å². The van der Waals surface area contributed by atoms with E-state index in [0.29, 0.717) is 17.4 Å². The number of allylic oxidation sites excluding steroid dienone is 8. The van der Waals surface area contributed by atoms with E-state index < -0.39 is 18.4 Å². The highest BCUT2D eigenvalue weighted by atomic mass is 16.7. The molecule has 0 aromatic rings. The smallest absolute Gasteiger partial charge is 0.361 e. The van der Waals surface area contributed by atoms with Crippen molar-refractivity contribution in [2.75, 3.05) is 47.5 Å². The maximum atomic E-state index is 13.0. The zero-order valence-corrected chi connectivity index (χ0v) is 68.4. The highest BCUT2D eigenvalue weighted by molar-refractivity contribution is 5.71. The third kappa shape index (κ3) is 84.4. The Hall–Kier alpha value is -2.75. The minimum Gasteiger partial charge on any atom is -0.477 e. The quantitative estimate of drug-likeness (QED) is 0.0211. The van der Waals surface area contributed by atoms with Crippen molar-refractivity contribution in [3.8, 4) is 0 Å². The Kier molecular flexibility index (Phi) is 80.6. The number of ether oxygens (including phenoxy) is 4. The van der Waals surface area contributed by atoms with Crippen molar-refractivity contribution in [1.82, 2.24) is 0 Å². The van der Waals surface area contributed by atoms with Crippen LogP contribution in [0.5, 0.6) is 0 Å². The molecule has 0 radical (unpaired) electrons. The molecule has 1 N–H and O–H groups in total. The largest absolute Gasteiger partial charge is 0.477 e. The summed E-state index contributed by atoms with van der Waals surface area (Å²) in [5.74, 6) is -1.96. The van der Waals surface area contributed by atoms with Crippen molar-refractivity contribution >= 4 is 17.9 Å². The fraction of sp³-hybridized carbons (Fsp3) is 0.880. The molecular formula is C92H174NO8+. The summed E-state index contributed by atoms with van der Waals surface area (Å²) in [4.78, 5) is 37.8. The maximum Gasteiger partial charge on any atom is 0.361 e. The van der Waals surface area contributed by atoms with E-state index in [1.165, 1.54) is 372 Å². The summed E-state index contributed by atoms with van der Waals surface area (Å²) in [6.07, 6.45) is 108. The van der Waals surface area contributed by atoms with Gasteiger partial charge in [-0.3, -0.25) is 9.59 Å². The Morgan fingerprint density at radius 2 is 0.564 bits per heavy atom. The molecule has 0 aliphatic heterocycles. The monoisotopic (exact) mass is 1420 g/mol. The van der Waals surface area contributed by atoms with Crippen LogP contribution in [0.25, 0.3) is 0 Å². The van der Waals surface area contributed by atoms with Gasteiger partial charge in [0.05, 0.1) is 34.4 Å². The van der Waals surface area contributed by atoms with Crippen LogP contribution in [0.15, 0.2) is 48.6 Å². The standard InChI is InChI=1S/C92H173NO8/c1-6-8-10-12-14-16-18-20-22-24-26-28-30-32-34-36-38-40-42-43-44-45-46-47-49-51-53-55-57-59-61-63-65-67-69-71-73-75-77-79-81-83-90(95)101-88(87-100-92(91(96)97)98-85-84-93(3,4)5)86-99-89(94)82-80-78-76-74-72-70-68-66-64-62-60-58-56-54-52-50-48-41-39-37-35-33-31-29-27-25-23-21-19-17-15-13-11-9-7-2/h8,10,14,16,20,22,26,28,88,92H,6-7,9,11-13,15,17-19,21,23-25,27,29-87H2,1-5H3/p+1/b10-8-,16-14-,22-20-,28-26-. The normalized spacial score (nSPS) is 12.8. The van der Waals surface area contributed by atoms with E-state index in [2.05, 4.69) is 62.5 Å². The molecule has 0 aromatic carbocycles. The summed E-state index contributed by atoms with van der Waals surface area (Å²) in [7, 11) is 6.01. The van der Waals surface area contributed by atoms with Crippen LogP contribution in [-0.2, 0) is 33.3 Å². The van der Waals surface area contributed by atoms with Crippen LogP contribution >= 0.6 is 0 Å². The van der Waals surface area contributed by atoms with Crippen molar-refractivity contribution in [3.05, 3.63) is 48.6 Å². The first-order valence-electron chi connectivity index (χ1n) is 44.8. The molecule has 0 aliphatic carbocycles. The number of hydrogen-bond acceptors (Lipinski definition) is 7. The summed E-state index contributed by atoms with van der Waals surface area (Å²) in [6, 6.07) is 0. The number of rotatable bonds is 85. The van der Waals surface area contributed by atoms with Crippen LogP contribution in [0.3, 0.4) is 0 Å². The van der Waals surface area contributed by atoms with Gasteiger partial charge in [0.2, 0.25) is 0 Å². The second kappa shape index (κ2) is 82.9. The number of likely N-dealkylation sites (N-methyl/N-ethyl adjacent to an activating group) is 1. The maximum absolute atomic E-state index is 13.0. The van der Waals surface area contributed by atoms with Gasteiger partial charge in [-0.15, -0.1) is 0 Å². The number of hydrogen-bond donors (Lipinski definition) is 1. The van der Waals surface area contributed by atoms with Crippen molar-refractivity contribution < 1.29 is 42.9 Å². The van der Waals surface area contributed by atoms with E-state index in [-0.39, 0.29) is 38.2 Å². The first-order chi connectivity index (χ1) is 49.6. The number of carbonyl (C=O) groups is 3. The van der Waals surface area contributed by atoms with Crippen LogP contribution in [0, 0.1) is 0 Å². The zero-order chi connectivity index (χ0) is 73.2. The molecule has 0 aliphatic rings. The van der Waals surface area contributed by atoms with Gasteiger partial charge in [0, 0.05) is 12.8 Å². The topological polar surface area (TPSA) is 108 Å². The zero-order valence-electron chi connectivity index (χ0n) is 68.4. The Morgan fingerprint density at radius 1 is 0.307 bits per heavy atom. The van der Waals surface area contributed by atoms with Gasteiger partial charge in [-0.05, 0) is 51.4 Å². The van der Waals surface area contributed by atoms with Crippen LogP contribution < -0.4 is 0 Å². The van der Waals surface area contributed by atoms with Gasteiger partial charge < -0.3 is 28.5 Å². The van der Waals surface area contributed by atoms with Gasteiger partial charge in [0.15, 0.2) is 6.10 Å². The van der Waals surface area contributed by atoms with Gasteiger partial charge in [-0.1, -0.05) is 448 Å². The van der Waals surface area contributed by atoms with Crippen molar-refractivity contribution in [2.24, 2.45) is 0 Å². The molecule has 594 valence electrons. The van der Waals surface area contributed by atoms with E-state index in [1.807, 2.05) is 21.1 Å². The number of aliphatic carboxylic acids is 1. The first kappa shape index (κ1) is 98.2. The van der Waals surface area contributed by atoms with Gasteiger partial charge >= 0.3 is 17.9 Å². The predicted octanol–water partition coefficient (Wildman–Crippen LogP) is 29.2. The number of carboxylic acids is 1. The fourth-order valence-corrected chi connectivity index (χ4v) is 13.8. The lowest BCUT2D eigenvalue weighted by molar-refractivity contribution is -0.870. The molecule has 0 heterocycles. The van der Waals surface area contributed by atoms with Crippen LogP contribution in [-0.4, -0.2) is 87.4 Å². The van der Waals surface area contributed by atoms with Gasteiger partial charge in [0.1, 0.15) is 13.2 Å². The van der Waals surface area contributed by atoms with Crippen LogP contribution in [0.4, 0.5) is 0 Å². The van der Waals surface area contributed by atoms with E-state index in [1.54, 1.807) is 0 Å². The second-order valence-corrected chi connectivity index (χ2v) is 31.9. The molecule has 0 aromatic heterocycles. The molecule has 0 spiro atoms. The molecule has 0 saturated heterocycles. The molecule has 101 heavy (non-hydrogen) atoms. The number of nitrogens with zero attached hydrogens (tertiary/aromatic N) is 1. The molecule has 2 atom stereocenters. The molecule has 0 amide bonds. The summed E-state index contributed by atoms with van der Waals surface area (Å²) in [5, 5.41) is 9.79. The average molecular weight is 1420 g/mol.